The van der Waals surface area contributed by atoms with Crippen molar-refractivity contribution in [1.29, 1.82) is 0 Å². The molecule has 3 heteroatoms. The molecule has 0 bridgehead atoms. The molecule has 0 atom stereocenters. The highest BCUT2D eigenvalue weighted by atomic mass is 16.5. The molecular formula is C14H21NO2. The molecule has 17 heavy (non-hydrogen) atoms. The van der Waals surface area contributed by atoms with Crippen molar-refractivity contribution in [1.82, 2.24) is 0 Å². The first-order chi connectivity index (χ1) is 8.29. The summed E-state index contributed by atoms with van der Waals surface area (Å²) in [4.78, 5) is 0. The summed E-state index contributed by atoms with van der Waals surface area (Å²) < 4.78 is 10.9. The van der Waals surface area contributed by atoms with E-state index in [1.54, 1.807) is 7.11 Å². The molecule has 2 N–H and O–H groups in total. The second-order valence-corrected chi connectivity index (χ2v) is 4.69. The highest BCUT2D eigenvalue weighted by Gasteiger charge is 2.14. The molecule has 1 aliphatic rings. The van der Waals surface area contributed by atoms with Gasteiger partial charge >= 0.3 is 0 Å². The Morgan fingerprint density at radius 2 is 2.06 bits per heavy atom. The third kappa shape index (κ3) is 3.29. The third-order valence-electron chi connectivity index (χ3n) is 3.48. The zero-order valence-corrected chi connectivity index (χ0v) is 10.4. The Balaban J connectivity index is 1.84. The molecule has 2 rings (SSSR count). The molecule has 0 unspecified atom stereocenters. The lowest BCUT2D eigenvalue weighted by Crippen LogP contribution is -2.05. The minimum Gasteiger partial charge on any atom is -0.497 e. The van der Waals surface area contributed by atoms with E-state index in [2.05, 4.69) is 0 Å². The van der Waals surface area contributed by atoms with Gasteiger partial charge in [0.1, 0.15) is 11.5 Å². The van der Waals surface area contributed by atoms with Crippen LogP contribution in [0.2, 0.25) is 0 Å². The first-order valence-corrected chi connectivity index (χ1v) is 6.36. The Kier molecular flexibility index (Phi) is 4.13. The van der Waals surface area contributed by atoms with E-state index in [0.717, 1.165) is 30.4 Å². The van der Waals surface area contributed by atoms with Crippen LogP contribution in [0.3, 0.4) is 0 Å². The van der Waals surface area contributed by atoms with Crippen LogP contribution in [0.4, 0.5) is 5.69 Å². The largest absolute Gasteiger partial charge is 0.497 e. The second-order valence-electron chi connectivity index (χ2n) is 4.69. The molecule has 94 valence electrons. The van der Waals surface area contributed by atoms with Gasteiger partial charge in [0.05, 0.1) is 19.4 Å². The van der Waals surface area contributed by atoms with Crippen molar-refractivity contribution in [2.45, 2.75) is 32.1 Å². The van der Waals surface area contributed by atoms with E-state index in [1.807, 2.05) is 18.2 Å². The van der Waals surface area contributed by atoms with E-state index in [4.69, 9.17) is 15.2 Å². The number of hydrogen-bond acceptors (Lipinski definition) is 3. The SMILES string of the molecule is COc1ccc(N)c(OCCC2CCCC2)c1. The fourth-order valence-electron chi connectivity index (χ4n) is 2.40. The first-order valence-electron chi connectivity index (χ1n) is 6.36. The van der Waals surface area contributed by atoms with Gasteiger partial charge in [-0.05, 0) is 24.5 Å². The minimum atomic E-state index is 0.678. The van der Waals surface area contributed by atoms with Crippen molar-refractivity contribution >= 4 is 5.69 Å². The topological polar surface area (TPSA) is 44.5 Å². The van der Waals surface area contributed by atoms with Crippen molar-refractivity contribution < 1.29 is 9.47 Å². The maximum Gasteiger partial charge on any atom is 0.145 e. The molecule has 1 aromatic rings. The summed E-state index contributed by atoms with van der Waals surface area (Å²) in [5.41, 5.74) is 6.54. The maximum absolute atomic E-state index is 5.86. The van der Waals surface area contributed by atoms with Gasteiger partial charge in [-0.1, -0.05) is 25.7 Å². The Morgan fingerprint density at radius 3 is 2.76 bits per heavy atom. The molecule has 1 saturated carbocycles. The number of ether oxygens (including phenoxy) is 2. The number of methoxy groups -OCH3 is 1. The molecule has 0 heterocycles. The van der Waals surface area contributed by atoms with Crippen LogP contribution in [0.1, 0.15) is 32.1 Å². The zero-order valence-electron chi connectivity index (χ0n) is 10.4. The third-order valence-corrected chi connectivity index (χ3v) is 3.48. The number of nitrogens with two attached hydrogens (primary N) is 1. The Labute approximate surface area is 103 Å². The highest BCUT2D eigenvalue weighted by molar-refractivity contribution is 5.55. The van der Waals surface area contributed by atoms with Gasteiger partial charge in [0.15, 0.2) is 0 Å². The fraction of sp³-hybridized carbons (Fsp3) is 0.571. The predicted molar refractivity (Wildman–Crippen MR) is 69.5 cm³/mol. The van der Waals surface area contributed by atoms with Gasteiger partial charge in [0, 0.05) is 6.07 Å². The highest BCUT2D eigenvalue weighted by Crippen LogP contribution is 2.29. The van der Waals surface area contributed by atoms with Crippen molar-refractivity contribution in [3.05, 3.63) is 18.2 Å². The van der Waals surface area contributed by atoms with Crippen molar-refractivity contribution in [3.63, 3.8) is 0 Å². The number of hydrogen-bond donors (Lipinski definition) is 1. The lowest BCUT2D eigenvalue weighted by atomic mass is 10.1. The van der Waals surface area contributed by atoms with Crippen LogP contribution in [0.25, 0.3) is 0 Å². The molecule has 0 radical (unpaired) electrons. The van der Waals surface area contributed by atoms with Crippen molar-refractivity contribution in [2.75, 3.05) is 19.5 Å². The van der Waals surface area contributed by atoms with Crippen molar-refractivity contribution in [3.8, 4) is 11.5 Å². The van der Waals surface area contributed by atoms with E-state index < -0.39 is 0 Å². The first kappa shape index (κ1) is 12.1. The van der Waals surface area contributed by atoms with Crippen LogP contribution in [-0.2, 0) is 0 Å². The number of rotatable bonds is 5. The summed E-state index contributed by atoms with van der Waals surface area (Å²) in [5.74, 6) is 2.37. The minimum absolute atomic E-state index is 0.678. The second kappa shape index (κ2) is 5.80. The van der Waals surface area contributed by atoms with E-state index >= 15 is 0 Å². The van der Waals surface area contributed by atoms with E-state index in [-0.39, 0.29) is 0 Å². The standard InChI is InChI=1S/C14H21NO2/c1-16-12-6-7-13(15)14(10-12)17-9-8-11-4-2-3-5-11/h6-7,10-11H,2-5,8-9,15H2,1H3. The molecule has 1 fully saturated rings. The van der Waals surface area contributed by atoms with Crippen LogP contribution >= 0.6 is 0 Å². The molecular weight excluding hydrogens is 214 g/mol. The molecule has 0 amide bonds. The lowest BCUT2D eigenvalue weighted by molar-refractivity contribution is 0.279. The van der Waals surface area contributed by atoms with Gasteiger partial charge in [0.2, 0.25) is 0 Å². The maximum atomic E-state index is 5.86. The number of benzene rings is 1. The van der Waals surface area contributed by atoms with Crippen LogP contribution in [-0.4, -0.2) is 13.7 Å². The van der Waals surface area contributed by atoms with Gasteiger partial charge in [-0.15, -0.1) is 0 Å². The molecule has 0 saturated heterocycles. The van der Waals surface area contributed by atoms with Crippen LogP contribution < -0.4 is 15.2 Å². The zero-order chi connectivity index (χ0) is 12.1. The summed E-state index contributed by atoms with van der Waals surface area (Å²) in [6, 6.07) is 5.52. The average Bonchev–Trinajstić information content (AvgIpc) is 2.84. The molecule has 0 spiro atoms. The Morgan fingerprint density at radius 1 is 1.29 bits per heavy atom. The van der Waals surface area contributed by atoms with Gasteiger partial charge in [-0.25, -0.2) is 0 Å². The summed E-state index contributed by atoms with van der Waals surface area (Å²) in [6.45, 7) is 0.752. The summed E-state index contributed by atoms with van der Waals surface area (Å²) in [7, 11) is 1.65. The van der Waals surface area contributed by atoms with Gasteiger partial charge in [0.25, 0.3) is 0 Å². The Hall–Kier alpha value is -1.38. The number of nitrogen functional groups attached to an aromatic ring is 1. The molecule has 0 aliphatic heterocycles. The summed E-state index contributed by atoms with van der Waals surface area (Å²) in [5, 5.41) is 0. The monoisotopic (exact) mass is 235 g/mol. The predicted octanol–water partition coefficient (Wildman–Crippen LogP) is 3.24. The van der Waals surface area contributed by atoms with E-state index in [0.29, 0.717) is 5.69 Å². The summed E-state index contributed by atoms with van der Waals surface area (Å²) in [6.07, 6.45) is 6.61. The molecule has 1 aromatic carbocycles. The fourth-order valence-corrected chi connectivity index (χ4v) is 2.40. The quantitative estimate of drug-likeness (QED) is 0.797. The van der Waals surface area contributed by atoms with Gasteiger partial charge in [-0.2, -0.15) is 0 Å². The van der Waals surface area contributed by atoms with E-state index in [9.17, 15) is 0 Å². The summed E-state index contributed by atoms with van der Waals surface area (Å²) >= 11 is 0. The average molecular weight is 235 g/mol. The molecule has 1 aliphatic carbocycles. The molecule has 0 aromatic heterocycles. The Bertz CT molecular complexity index is 359. The van der Waals surface area contributed by atoms with Gasteiger partial charge in [-0.3, -0.25) is 0 Å². The van der Waals surface area contributed by atoms with Gasteiger partial charge < -0.3 is 15.2 Å². The van der Waals surface area contributed by atoms with Crippen molar-refractivity contribution in [2.24, 2.45) is 5.92 Å². The lowest BCUT2D eigenvalue weighted by Gasteiger charge is -2.12. The smallest absolute Gasteiger partial charge is 0.145 e. The van der Waals surface area contributed by atoms with E-state index in [1.165, 1.54) is 25.7 Å². The van der Waals surface area contributed by atoms with Crippen LogP contribution in [0, 0.1) is 5.92 Å². The normalized spacial score (nSPS) is 16.1. The number of anilines is 1. The molecule has 3 nitrogen and oxygen atoms in total. The van der Waals surface area contributed by atoms with Crippen LogP contribution in [0.5, 0.6) is 11.5 Å². The van der Waals surface area contributed by atoms with Crippen LogP contribution in [0.15, 0.2) is 18.2 Å².